The Bertz CT molecular complexity index is 272. The van der Waals surface area contributed by atoms with E-state index in [0.29, 0.717) is 5.54 Å². The van der Waals surface area contributed by atoms with Gasteiger partial charge >= 0.3 is 0 Å². The topological polar surface area (TPSA) is 12.0 Å². The second kappa shape index (κ2) is 1.22. The summed E-state index contributed by atoms with van der Waals surface area (Å²) in [7, 11) is 0. The highest BCUT2D eigenvalue weighted by molar-refractivity contribution is 5.51. The first kappa shape index (κ1) is 4.78. The first-order valence-electron chi connectivity index (χ1n) is 3.75. The summed E-state index contributed by atoms with van der Waals surface area (Å²) in [4.78, 5) is 0. The average molecular weight is 131 g/mol. The van der Waals surface area contributed by atoms with E-state index in [4.69, 9.17) is 0 Å². The van der Waals surface area contributed by atoms with E-state index in [1.165, 1.54) is 12.0 Å². The van der Waals surface area contributed by atoms with E-state index in [1.807, 2.05) is 0 Å². The molecule has 1 nitrogen and oxygen atoms in total. The van der Waals surface area contributed by atoms with Crippen LogP contribution in [-0.4, -0.2) is 5.54 Å². The Morgan fingerprint density at radius 1 is 1.60 bits per heavy atom. The van der Waals surface area contributed by atoms with Crippen molar-refractivity contribution in [1.82, 2.24) is 5.32 Å². The molecule has 3 rings (SSSR count). The van der Waals surface area contributed by atoms with Gasteiger partial charge in [-0.25, -0.2) is 0 Å². The average Bonchev–Trinajstić information content (AvgIpc) is 2.51. The molecule has 10 heavy (non-hydrogen) atoms. The quantitative estimate of drug-likeness (QED) is 0.523. The van der Waals surface area contributed by atoms with Gasteiger partial charge in [0.2, 0.25) is 0 Å². The summed E-state index contributed by atoms with van der Waals surface area (Å²) in [5.41, 5.74) is 1.84. The molecule has 1 saturated carbocycles. The minimum Gasteiger partial charge on any atom is -0.381 e. The lowest BCUT2D eigenvalue weighted by Gasteiger charge is -2.13. The maximum atomic E-state index is 3.41. The summed E-state index contributed by atoms with van der Waals surface area (Å²) >= 11 is 0. The predicted octanol–water partition coefficient (Wildman–Crippen LogP) is 1.36. The lowest BCUT2D eigenvalue weighted by molar-refractivity contribution is 0.670. The van der Waals surface area contributed by atoms with Gasteiger partial charge in [0.25, 0.3) is 0 Å². The Morgan fingerprint density at radius 3 is 3.50 bits per heavy atom. The molecule has 1 aliphatic heterocycles. The molecule has 1 heterocycles. The third-order valence-electron chi connectivity index (χ3n) is 2.75. The molecule has 1 N–H and O–H groups in total. The molecule has 0 aromatic heterocycles. The van der Waals surface area contributed by atoms with Crippen LogP contribution in [0.1, 0.15) is 6.42 Å². The summed E-state index contributed by atoms with van der Waals surface area (Å²) in [5, 5.41) is 3.41. The first-order chi connectivity index (χ1) is 4.92. The Balaban J connectivity index is 2.18. The molecule has 2 aliphatic carbocycles. The van der Waals surface area contributed by atoms with E-state index in [9.17, 15) is 0 Å². The van der Waals surface area contributed by atoms with E-state index in [-0.39, 0.29) is 0 Å². The molecular weight excluding hydrogens is 122 g/mol. The lowest BCUT2D eigenvalue weighted by Crippen LogP contribution is -2.26. The Kier molecular flexibility index (Phi) is 0.581. The SMILES string of the molecule is C1=CC2CC23NC=CC3=C1. The van der Waals surface area contributed by atoms with Crippen LogP contribution in [0, 0.1) is 5.92 Å². The second-order valence-corrected chi connectivity index (χ2v) is 3.27. The van der Waals surface area contributed by atoms with E-state index in [1.54, 1.807) is 0 Å². The zero-order valence-electron chi connectivity index (χ0n) is 5.67. The fourth-order valence-electron chi connectivity index (χ4n) is 2.03. The fraction of sp³-hybridized carbons (Fsp3) is 0.333. The minimum atomic E-state index is 0.370. The Morgan fingerprint density at radius 2 is 2.60 bits per heavy atom. The van der Waals surface area contributed by atoms with Crippen LogP contribution >= 0.6 is 0 Å². The maximum absolute atomic E-state index is 3.41. The van der Waals surface area contributed by atoms with Gasteiger partial charge in [-0.15, -0.1) is 0 Å². The minimum absolute atomic E-state index is 0.370. The highest BCUT2D eigenvalue weighted by atomic mass is 15.1. The van der Waals surface area contributed by atoms with Gasteiger partial charge in [0.15, 0.2) is 0 Å². The molecule has 2 atom stereocenters. The van der Waals surface area contributed by atoms with Gasteiger partial charge in [-0.2, -0.15) is 0 Å². The van der Waals surface area contributed by atoms with Crippen LogP contribution in [0.2, 0.25) is 0 Å². The largest absolute Gasteiger partial charge is 0.381 e. The number of hydrogen-bond donors (Lipinski definition) is 1. The van der Waals surface area contributed by atoms with Crippen molar-refractivity contribution in [1.29, 1.82) is 0 Å². The van der Waals surface area contributed by atoms with Crippen molar-refractivity contribution in [3.8, 4) is 0 Å². The third-order valence-corrected chi connectivity index (χ3v) is 2.75. The molecule has 0 bridgehead atoms. The fourth-order valence-corrected chi connectivity index (χ4v) is 2.03. The van der Waals surface area contributed by atoms with Gasteiger partial charge in [0, 0.05) is 5.92 Å². The van der Waals surface area contributed by atoms with Crippen molar-refractivity contribution in [2.45, 2.75) is 12.0 Å². The molecular formula is C9H9N. The lowest BCUT2D eigenvalue weighted by atomic mass is 10.0. The van der Waals surface area contributed by atoms with Crippen LogP contribution in [0.15, 0.2) is 36.1 Å². The van der Waals surface area contributed by atoms with Gasteiger partial charge < -0.3 is 5.32 Å². The molecule has 0 saturated heterocycles. The molecule has 50 valence electrons. The molecule has 0 aromatic rings. The van der Waals surface area contributed by atoms with Crippen molar-refractivity contribution in [2.24, 2.45) is 5.92 Å². The van der Waals surface area contributed by atoms with Crippen molar-refractivity contribution in [2.75, 3.05) is 0 Å². The van der Waals surface area contributed by atoms with Crippen LogP contribution in [0.3, 0.4) is 0 Å². The summed E-state index contributed by atoms with van der Waals surface area (Å²) in [5.74, 6) is 0.780. The highest BCUT2D eigenvalue weighted by Gasteiger charge is 2.56. The molecule has 0 aromatic carbocycles. The van der Waals surface area contributed by atoms with E-state index < -0.39 is 0 Å². The monoisotopic (exact) mass is 131 g/mol. The zero-order chi connectivity index (χ0) is 6.60. The predicted molar refractivity (Wildman–Crippen MR) is 40.3 cm³/mol. The molecule has 3 aliphatic rings. The number of hydrogen-bond acceptors (Lipinski definition) is 1. The number of nitrogens with one attached hydrogen (secondary N) is 1. The zero-order valence-corrected chi connectivity index (χ0v) is 5.67. The van der Waals surface area contributed by atoms with Crippen LogP contribution in [0.25, 0.3) is 0 Å². The van der Waals surface area contributed by atoms with Gasteiger partial charge in [0.05, 0.1) is 5.54 Å². The Labute approximate surface area is 60.1 Å². The van der Waals surface area contributed by atoms with Gasteiger partial charge in [-0.05, 0) is 24.3 Å². The van der Waals surface area contributed by atoms with Crippen LogP contribution in [0.5, 0.6) is 0 Å². The summed E-state index contributed by atoms with van der Waals surface area (Å²) in [6, 6.07) is 0. The van der Waals surface area contributed by atoms with Gasteiger partial charge in [-0.3, -0.25) is 0 Å². The third kappa shape index (κ3) is 0.348. The molecule has 2 unspecified atom stereocenters. The smallest absolute Gasteiger partial charge is 0.0690 e. The summed E-state index contributed by atoms with van der Waals surface area (Å²) in [6.07, 6.45) is 12.2. The maximum Gasteiger partial charge on any atom is 0.0690 e. The molecule has 1 heteroatoms. The summed E-state index contributed by atoms with van der Waals surface area (Å²) < 4.78 is 0. The van der Waals surface area contributed by atoms with Crippen LogP contribution < -0.4 is 5.32 Å². The number of rotatable bonds is 0. The van der Waals surface area contributed by atoms with E-state index >= 15 is 0 Å². The first-order valence-corrected chi connectivity index (χ1v) is 3.75. The molecule has 1 spiro atoms. The summed E-state index contributed by atoms with van der Waals surface area (Å²) in [6.45, 7) is 0. The van der Waals surface area contributed by atoms with E-state index in [0.717, 1.165) is 5.92 Å². The van der Waals surface area contributed by atoms with Crippen LogP contribution in [-0.2, 0) is 0 Å². The number of allylic oxidation sites excluding steroid dienone is 2. The normalized spacial score (nSPS) is 45.6. The van der Waals surface area contributed by atoms with Crippen molar-refractivity contribution in [3.63, 3.8) is 0 Å². The van der Waals surface area contributed by atoms with Gasteiger partial charge in [-0.1, -0.05) is 18.2 Å². The Hall–Kier alpha value is -0.980. The molecule has 1 fully saturated rings. The van der Waals surface area contributed by atoms with E-state index in [2.05, 4.69) is 35.8 Å². The highest BCUT2D eigenvalue weighted by Crippen LogP contribution is 2.53. The molecule has 0 amide bonds. The van der Waals surface area contributed by atoms with Crippen LogP contribution in [0.4, 0.5) is 0 Å². The van der Waals surface area contributed by atoms with Gasteiger partial charge in [0.1, 0.15) is 0 Å². The van der Waals surface area contributed by atoms with Crippen molar-refractivity contribution >= 4 is 0 Å². The molecule has 0 radical (unpaired) electrons. The van der Waals surface area contributed by atoms with Crippen molar-refractivity contribution < 1.29 is 0 Å². The standard InChI is InChI=1S/C9H9N/c1-2-7-4-5-10-9(7)6-8(9)3-1/h1-5,8,10H,6H2. The second-order valence-electron chi connectivity index (χ2n) is 3.27. The van der Waals surface area contributed by atoms with Crippen molar-refractivity contribution in [3.05, 3.63) is 36.1 Å².